The number of alkyl carbamates (subject to hydrolysis) is 1. The zero-order valence-corrected chi connectivity index (χ0v) is 18.9. The van der Waals surface area contributed by atoms with E-state index in [1.807, 2.05) is 54.6 Å². The maximum absolute atomic E-state index is 12.8. The Morgan fingerprint density at radius 1 is 0.800 bits per heavy atom. The summed E-state index contributed by atoms with van der Waals surface area (Å²) in [6.45, 7) is -0.696. The van der Waals surface area contributed by atoms with E-state index in [9.17, 15) is 19.5 Å². The number of aliphatic hydroxyl groups is 1. The third-order valence-electron chi connectivity index (χ3n) is 6.03. The molecule has 4 rings (SSSR count). The van der Waals surface area contributed by atoms with Crippen molar-refractivity contribution >= 4 is 18.0 Å². The molecule has 35 heavy (non-hydrogen) atoms. The number of carboxylic acid groups (broad SMARTS) is 1. The van der Waals surface area contributed by atoms with E-state index in [1.165, 1.54) is 0 Å². The number of nitrogens with one attached hydrogen (secondary N) is 2. The molecule has 0 unspecified atom stereocenters. The Kier molecular flexibility index (Phi) is 7.42. The summed E-state index contributed by atoms with van der Waals surface area (Å²) < 4.78 is 5.54. The molecule has 0 saturated heterocycles. The summed E-state index contributed by atoms with van der Waals surface area (Å²) >= 11 is 0. The van der Waals surface area contributed by atoms with Crippen molar-refractivity contribution < 1.29 is 29.3 Å². The van der Waals surface area contributed by atoms with Crippen LogP contribution in [0.5, 0.6) is 0 Å². The first kappa shape index (κ1) is 24.0. The predicted octanol–water partition coefficient (Wildman–Crippen LogP) is 2.70. The molecule has 0 radical (unpaired) electrons. The fourth-order valence-electron chi connectivity index (χ4n) is 4.30. The highest BCUT2D eigenvalue weighted by Gasteiger charge is 2.30. The van der Waals surface area contributed by atoms with Gasteiger partial charge in [-0.25, -0.2) is 9.59 Å². The number of carbonyl (C=O) groups excluding carboxylic acids is 2. The van der Waals surface area contributed by atoms with Crippen LogP contribution in [0.4, 0.5) is 4.79 Å². The van der Waals surface area contributed by atoms with Crippen molar-refractivity contribution in [3.05, 3.63) is 95.6 Å². The third kappa shape index (κ3) is 5.50. The molecule has 3 aromatic rings. The molecule has 0 bridgehead atoms. The molecule has 2 atom stereocenters. The minimum absolute atomic E-state index is 0.0773. The van der Waals surface area contributed by atoms with Crippen LogP contribution in [0.25, 0.3) is 11.1 Å². The van der Waals surface area contributed by atoms with Crippen LogP contribution in [-0.2, 0) is 20.7 Å². The molecular formula is C27H26N2O6. The van der Waals surface area contributed by atoms with Crippen LogP contribution in [0, 0.1) is 0 Å². The van der Waals surface area contributed by atoms with Gasteiger partial charge in [0.25, 0.3) is 0 Å². The third-order valence-corrected chi connectivity index (χ3v) is 6.03. The lowest BCUT2D eigenvalue weighted by Crippen LogP contribution is -2.53. The maximum atomic E-state index is 12.8. The number of rotatable bonds is 9. The molecule has 0 heterocycles. The largest absolute Gasteiger partial charge is 0.480 e. The topological polar surface area (TPSA) is 125 Å². The van der Waals surface area contributed by atoms with Crippen molar-refractivity contribution in [2.45, 2.75) is 24.4 Å². The van der Waals surface area contributed by atoms with Crippen LogP contribution in [0.15, 0.2) is 78.9 Å². The first-order chi connectivity index (χ1) is 17.0. The maximum Gasteiger partial charge on any atom is 0.407 e. The predicted molar refractivity (Wildman–Crippen MR) is 129 cm³/mol. The smallest absolute Gasteiger partial charge is 0.407 e. The number of aliphatic carboxylic acids is 1. The summed E-state index contributed by atoms with van der Waals surface area (Å²) in [6.07, 6.45) is -0.673. The Hall–Kier alpha value is -4.17. The molecule has 1 aliphatic carbocycles. The van der Waals surface area contributed by atoms with Crippen LogP contribution in [-0.4, -0.2) is 53.5 Å². The normalized spacial score (nSPS) is 13.7. The van der Waals surface area contributed by atoms with E-state index in [-0.39, 0.29) is 18.9 Å². The molecule has 0 spiro atoms. The monoisotopic (exact) mass is 474 g/mol. The van der Waals surface area contributed by atoms with Gasteiger partial charge in [-0.2, -0.15) is 0 Å². The van der Waals surface area contributed by atoms with Gasteiger partial charge in [-0.3, -0.25) is 4.79 Å². The number of hydrogen-bond acceptors (Lipinski definition) is 5. The van der Waals surface area contributed by atoms with E-state index < -0.39 is 36.7 Å². The van der Waals surface area contributed by atoms with Gasteiger partial charge in [0, 0.05) is 12.3 Å². The van der Waals surface area contributed by atoms with Gasteiger partial charge in [-0.15, -0.1) is 0 Å². The number of fused-ring (bicyclic) bond motifs is 3. The van der Waals surface area contributed by atoms with Crippen molar-refractivity contribution in [2.75, 3.05) is 13.2 Å². The van der Waals surface area contributed by atoms with Gasteiger partial charge in [0.1, 0.15) is 18.7 Å². The molecule has 4 N–H and O–H groups in total. The number of carbonyl (C=O) groups is 3. The number of ether oxygens (including phenoxy) is 1. The van der Waals surface area contributed by atoms with Crippen molar-refractivity contribution in [3.8, 4) is 11.1 Å². The van der Waals surface area contributed by atoms with Crippen LogP contribution < -0.4 is 10.6 Å². The Bertz CT molecular complexity index is 1170. The first-order valence-electron chi connectivity index (χ1n) is 11.3. The second-order valence-electron chi connectivity index (χ2n) is 8.29. The standard InChI is InChI=1S/C27H26N2O6/c30-15-24(26(32)33)28-25(31)23(14-17-8-2-1-3-9-17)29-27(34)35-16-22-20-12-6-4-10-18(20)19-11-5-7-13-21(19)22/h1-13,22-24,30H,14-16H2,(H,28,31)(H,29,34)(H,32,33)/t23-,24-/m1/s1. The number of amides is 2. The molecule has 2 amide bonds. The van der Waals surface area contributed by atoms with Crippen molar-refractivity contribution in [2.24, 2.45) is 0 Å². The Morgan fingerprint density at radius 3 is 1.94 bits per heavy atom. The van der Waals surface area contributed by atoms with Gasteiger partial charge in [-0.05, 0) is 27.8 Å². The Labute approximate surface area is 202 Å². The summed E-state index contributed by atoms with van der Waals surface area (Å²) in [5.74, 6) is -2.25. The SMILES string of the molecule is O=C(N[C@H](Cc1ccccc1)C(=O)N[C@H](CO)C(=O)O)OCC1c2ccccc2-c2ccccc21. The van der Waals surface area contributed by atoms with E-state index in [0.717, 1.165) is 27.8 Å². The summed E-state index contributed by atoms with van der Waals surface area (Å²) in [4.78, 5) is 36.8. The summed E-state index contributed by atoms with van der Waals surface area (Å²) in [5.41, 5.74) is 5.09. The van der Waals surface area contributed by atoms with Gasteiger partial charge >= 0.3 is 12.1 Å². The van der Waals surface area contributed by atoms with E-state index >= 15 is 0 Å². The second kappa shape index (κ2) is 10.8. The molecule has 0 aromatic heterocycles. The lowest BCUT2D eigenvalue weighted by molar-refractivity contribution is -0.143. The van der Waals surface area contributed by atoms with E-state index in [4.69, 9.17) is 9.84 Å². The van der Waals surface area contributed by atoms with Crippen molar-refractivity contribution in [1.82, 2.24) is 10.6 Å². The average molecular weight is 475 g/mol. The average Bonchev–Trinajstić information content (AvgIpc) is 3.19. The number of hydrogen-bond donors (Lipinski definition) is 4. The van der Waals surface area contributed by atoms with Gasteiger partial charge in [0.15, 0.2) is 0 Å². The molecule has 1 aliphatic rings. The Morgan fingerprint density at radius 2 is 1.37 bits per heavy atom. The lowest BCUT2D eigenvalue weighted by atomic mass is 9.98. The molecule has 8 nitrogen and oxygen atoms in total. The van der Waals surface area contributed by atoms with Gasteiger partial charge in [0.2, 0.25) is 5.91 Å². The zero-order valence-electron chi connectivity index (χ0n) is 18.9. The number of aliphatic hydroxyl groups excluding tert-OH is 1. The molecule has 0 saturated carbocycles. The minimum atomic E-state index is -1.48. The van der Waals surface area contributed by atoms with E-state index in [2.05, 4.69) is 10.6 Å². The summed E-state index contributed by atoms with van der Waals surface area (Å²) in [7, 11) is 0. The van der Waals surface area contributed by atoms with E-state index in [0.29, 0.717) is 0 Å². The fraction of sp³-hybridized carbons (Fsp3) is 0.222. The number of carboxylic acids is 1. The number of benzene rings is 3. The van der Waals surface area contributed by atoms with Gasteiger partial charge in [0.05, 0.1) is 6.61 Å². The zero-order chi connectivity index (χ0) is 24.8. The van der Waals surface area contributed by atoms with Crippen LogP contribution in [0.1, 0.15) is 22.6 Å². The van der Waals surface area contributed by atoms with Crippen LogP contribution >= 0.6 is 0 Å². The van der Waals surface area contributed by atoms with Crippen LogP contribution in [0.3, 0.4) is 0 Å². The van der Waals surface area contributed by atoms with Gasteiger partial charge < -0.3 is 25.6 Å². The molecule has 180 valence electrons. The lowest BCUT2D eigenvalue weighted by Gasteiger charge is -2.21. The molecule has 0 aliphatic heterocycles. The molecule has 8 heteroatoms. The fourth-order valence-corrected chi connectivity index (χ4v) is 4.30. The highest BCUT2D eigenvalue weighted by molar-refractivity contribution is 5.89. The summed E-state index contributed by atoms with van der Waals surface area (Å²) in [5, 5.41) is 23.2. The molecule has 3 aromatic carbocycles. The van der Waals surface area contributed by atoms with Crippen LogP contribution in [0.2, 0.25) is 0 Å². The molecular weight excluding hydrogens is 448 g/mol. The highest BCUT2D eigenvalue weighted by atomic mass is 16.5. The van der Waals surface area contributed by atoms with E-state index in [1.54, 1.807) is 24.3 Å². The van der Waals surface area contributed by atoms with Crippen molar-refractivity contribution in [3.63, 3.8) is 0 Å². The highest BCUT2D eigenvalue weighted by Crippen LogP contribution is 2.44. The van der Waals surface area contributed by atoms with Crippen molar-refractivity contribution in [1.29, 1.82) is 0 Å². The van der Waals surface area contributed by atoms with Gasteiger partial charge in [-0.1, -0.05) is 78.9 Å². The first-order valence-corrected chi connectivity index (χ1v) is 11.3. The Balaban J connectivity index is 1.46. The molecule has 0 fully saturated rings. The minimum Gasteiger partial charge on any atom is -0.480 e. The quantitative estimate of drug-likeness (QED) is 0.378. The second-order valence-corrected chi connectivity index (χ2v) is 8.29. The summed E-state index contributed by atoms with van der Waals surface area (Å²) in [6, 6.07) is 22.3.